The van der Waals surface area contributed by atoms with Gasteiger partial charge in [-0.05, 0) is 30.3 Å². The van der Waals surface area contributed by atoms with Crippen LogP contribution in [-0.4, -0.2) is 36.1 Å². The Hall–Kier alpha value is -2.87. The van der Waals surface area contributed by atoms with Crippen molar-refractivity contribution in [2.24, 2.45) is 0 Å². The van der Waals surface area contributed by atoms with Crippen LogP contribution in [0.2, 0.25) is 0 Å². The minimum atomic E-state index is -0.384. The Bertz CT molecular complexity index is 960. The molecule has 2 aromatic carbocycles. The molecule has 2 heterocycles. The van der Waals surface area contributed by atoms with Crippen molar-refractivity contribution < 1.29 is 4.39 Å². The monoisotopic (exact) mass is 442 g/mol. The lowest BCUT2D eigenvalue weighted by molar-refractivity contribution is 0.631. The Morgan fingerprint density at radius 2 is 1.68 bits per heavy atom. The summed E-state index contributed by atoms with van der Waals surface area (Å²) in [5.41, 5.74) is 8.26. The van der Waals surface area contributed by atoms with Crippen molar-refractivity contribution in [1.82, 2.24) is 9.97 Å². The number of rotatable bonds is 4. The van der Waals surface area contributed by atoms with Gasteiger partial charge in [-0.1, -0.05) is 34.1 Å². The predicted molar refractivity (Wildman–Crippen MR) is 115 cm³/mol. The van der Waals surface area contributed by atoms with E-state index >= 15 is 0 Å². The Balaban J connectivity index is 1.49. The van der Waals surface area contributed by atoms with Gasteiger partial charge in [-0.25, -0.2) is 14.4 Å². The molecule has 3 N–H and O–H groups in total. The van der Waals surface area contributed by atoms with E-state index in [1.54, 1.807) is 12.1 Å². The largest absolute Gasteiger partial charge is 0.393 e. The average Bonchev–Trinajstić information content (AvgIpc) is 2.72. The maximum absolute atomic E-state index is 14.1. The predicted octanol–water partition coefficient (Wildman–Crippen LogP) is 4.03. The molecule has 1 aromatic heterocycles. The minimum Gasteiger partial charge on any atom is -0.393 e. The third-order valence-electron chi connectivity index (χ3n) is 4.75. The van der Waals surface area contributed by atoms with E-state index in [9.17, 15) is 4.39 Å². The first-order valence-corrected chi connectivity index (χ1v) is 9.78. The van der Waals surface area contributed by atoms with Crippen molar-refractivity contribution in [2.45, 2.75) is 0 Å². The first kappa shape index (κ1) is 18.5. The Morgan fingerprint density at radius 1 is 0.964 bits per heavy atom. The summed E-state index contributed by atoms with van der Waals surface area (Å²) in [6.45, 7) is 3.33. The number of nitrogens with zero attached hydrogens (tertiary/aromatic N) is 4. The third-order valence-corrected chi connectivity index (χ3v) is 5.24. The van der Waals surface area contributed by atoms with Gasteiger partial charge in [-0.2, -0.15) is 0 Å². The van der Waals surface area contributed by atoms with Crippen LogP contribution in [0.1, 0.15) is 0 Å². The molecule has 4 rings (SSSR count). The zero-order valence-corrected chi connectivity index (χ0v) is 16.7. The van der Waals surface area contributed by atoms with E-state index in [2.05, 4.69) is 53.1 Å². The van der Waals surface area contributed by atoms with Crippen LogP contribution in [0.15, 0.2) is 59.3 Å². The summed E-state index contributed by atoms with van der Waals surface area (Å²) in [6, 6.07) is 15.1. The van der Waals surface area contributed by atoms with E-state index in [1.165, 1.54) is 18.1 Å². The fourth-order valence-corrected chi connectivity index (χ4v) is 3.60. The molecule has 1 aliphatic heterocycles. The fraction of sp³-hybridized carbons (Fsp3) is 0.200. The summed E-state index contributed by atoms with van der Waals surface area (Å²) >= 11 is 3.25. The number of nitrogen functional groups attached to an aromatic ring is 1. The summed E-state index contributed by atoms with van der Waals surface area (Å²) in [6.07, 6.45) is 1.45. The molecular weight excluding hydrogens is 423 g/mol. The third kappa shape index (κ3) is 3.87. The Morgan fingerprint density at radius 3 is 2.39 bits per heavy atom. The topological polar surface area (TPSA) is 70.3 Å². The van der Waals surface area contributed by atoms with Gasteiger partial charge in [0.1, 0.15) is 17.8 Å². The van der Waals surface area contributed by atoms with Crippen LogP contribution in [0.25, 0.3) is 0 Å². The van der Waals surface area contributed by atoms with E-state index < -0.39 is 0 Å². The Labute approximate surface area is 171 Å². The van der Waals surface area contributed by atoms with E-state index in [-0.39, 0.29) is 5.82 Å². The van der Waals surface area contributed by atoms with Crippen LogP contribution < -0.4 is 20.9 Å². The first-order chi connectivity index (χ1) is 13.6. The van der Waals surface area contributed by atoms with Gasteiger partial charge in [0.15, 0.2) is 11.6 Å². The number of piperazine rings is 1. The van der Waals surface area contributed by atoms with Gasteiger partial charge in [0.25, 0.3) is 0 Å². The summed E-state index contributed by atoms with van der Waals surface area (Å²) in [5, 5.41) is 2.97. The van der Waals surface area contributed by atoms with Crippen LogP contribution in [0.5, 0.6) is 0 Å². The molecule has 0 atom stereocenters. The summed E-state index contributed by atoms with van der Waals surface area (Å²) in [5.74, 6) is 0.685. The SMILES string of the molecule is Nc1c(Nc2ccc(Br)cc2F)ncnc1N1CCN(c2ccccc2)CC1. The van der Waals surface area contributed by atoms with Gasteiger partial charge < -0.3 is 20.9 Å². The fourth-order valence-electron chi connectivity index (χ4n) is 3.27. The molecule has 0 bridgehead atoms. The van der Waals surface area contributed by atoms with Crippen LogP contribution in [0.4, 0.5) is 33.1 Å². The van der Waals surface area contributed by atoms with Crippen LogP contribution in [0.3, 0.4) is 0 Å². The van der Waals surface area contributed by atoms with Crippen molar-refractivity contribution in [3.05, 3.63) is 65.1 Å². The zero-order valence-electron chi connectivity index (χ0n) is 15.1. The van der Waals surface area contributed by atoms with Crippen LogP contribution >= 0.6 is 15.9 Å². The highest BCUT2D eigenvalue weighted by Crippen LogP contribution is 2.31. The normalized spacial score (nSPS) is 14.2. The lowest BCUT2D eigenvalue weighted by Crippen LogP contribution is -2.47. The van der Waals surface area contributed by atoms with Gasteiger partial charge >= 0.3 is 0 Å². The number of anilines is 5. The zero-order chi connectivity index (χ0) is 19.5. The lowest BCUT2D eigenvalue weighted by Gasteiger charge is -2.37. The highest BCUT2D eigenvalue weighted by molar-refractivity contribution is 9.10. The van der Waals surface area contributed by atoms with Gasteiger partial charge in [0, 0.05) is 36.3 Å². The highest BCUT2D eigenvalue weighted by atomic mass is 79.9. The van der Waals surface area contributed by atoms with Crippen molar-refractivity contribution in [3.8, 4) is 0 Å². The van der Waals surface area contributed by atoms with Crippen molar-refractivity contribution in [2.75, 3.05) is 47.0 Å². The maximum atomic E-state index is 14.1. The molecule has 3 aromatic rings. The minimum absolute atomic E-state index is 0.313. The van der Waals surface area contributed by atoms with E-state index in [4.69, 9.17) is 5.73 Å². The number of benzene rings is 2. The van der Waals surface area contributed by atoms with Gasteiger partial charge in [0.2, 0.25) is 0 Å². The average molecular weight is 443 g/mol. The molecule has 28 heavy (non-hydrogen) atoms. The van der Waals surface area contributed by atoms with E-state index in [0.717, 1.165) is 26.2 Å². The molecule has 1 aliphatic rings. The second-order valence-corrected chi connectivity index (χ2v) is 7.43. The van der Waals surface area contributed by atoms with Crippen molar-refractivity contribution in [1.29, 1.82) is 0 Å². The number of nitrogens with two attached hydrogens (primary N) is 1. The number of halogens is 2. The van der Waals surface area contributed by atoms with Gasteiger partial charge in [0.05, 0.1) is 5.69 Å². The summed E-state index contributed by atoms with van der Waals surface area (Å²) < 4.78 is 14.8. The molecule has 1 fully saturated rings. The maximum Gasteiger partial charge on any atom is 0.159 e. The van der Waals surface area contributed by atoms with Gasteiger partial charge in [-0.15, -0.1) is 0 Å². The molecule has 8 heteroatoms. The van der Waals surface area contributed by atoms with Crippen molar-refractivity contribution >= 4 is 44.6 Å². The molecule has 144 valence electrons. The Kier molecular flexibility index (Phi) is 5.29. The van der Waals surface area contributed by atoms with E-state index in [1.807, 2.05) is 18.2 Å². The van der Waals surface area contributed by atoms with E-state index in [0.29, 0.717) is 27.5 Å². The highest BCUT2D eigenvalue weighted by Gasteiger charge is 2.21. The number of nitrogens with one attached hydrogen (secondary N) is 1. The molecule has 6 nitrogen and oxygen atoms in total. The standard InChI is InChI=1S/C20H20BrFN6/c21-14-6-7-17(16(22)12-14)26-19-18(23)20(25-13-24-19)28-10-8-27(9-11-28)15-4-2-1-3-5-15/h1-7,12-13H,8-11,23H2,(H,24,25,26). The van der Waals surface area contributed by atoms with Crippen molar-refractivity contribution in [3.63, 3.8) is 0 Å². The van der Waals surface area contributed by atoms with Gasteiger partial charge in [-0.3, -0.25) is 0 Å². The summed E-state index contributed by atoms with van der Waals surface area (Å²) in [7, 11) is 0. The number of hydrogen-bond acceptors (Lipinski definition) is 6. The van der Waals surface area contributed by atoms with Crippen LogP contribution in [-0.2, 0) is 0 Å². The lowest BCUT2D eigenvalue weighted by atomic mass is 10.2. The molecule has 0 aliphatic carbocycles. The molecule has 0 radical (unpaired) electrons. The first-order valence-electron chi connectivity index (χ1n) is 8.99. The molecule has 0 saturated carbocycles. The smallest absolute Gasteiger partial charge is 0.159 e. The molecule has 0 spiro atoms. The molecule has 0 amide bonds. The quantitative estimate of drug-likeness (QED) is 0.635. The number of hydrogen-bond donors (Lipinski definition) is 2. The van der Waals surface area contributed by atoms with Crippen LogP contribution in [0, 0.1) is 5.82 Å². The molecular formula is C20H20BrFN6. The number of para-hydroxylation sites is 1. The summed E-state index contributed by atoms with van der Waals surface area (Å²) in [4.78, 5) is 13.0. The second-order valence-electron chi connectivity index (χ2n) is 6.52. The number of aromatic nitrogens is 2. The second kappa shape index (κ2) is 8.02. The molecule has 1 saturated heterocycles. The molecule has 0 unspecified atom stereocenters.